The van der Waals surface area contributed by atoms with Crippen LogP contribution in [0.4, 0.5) is 5.69 Å². The monoisotopic (exact) mass is 461 g/mol. The number of benzene rings is 4. The maximum atomic E-state index is 13.2. The van der Waals surface area contributed by atoms with Crippen molar-refractivity contribution in [3.8, 4) is 0 Å². The molecule has 0 unspecified atom stereocenters. The van der Waals surface area contributed by atoms with Crippen molar-refractivity contribution in [1.82, 2.24) is 0 Å². The topological polar surface area (TPSA) is 63.7 Å². The van der Waals surface area contributed by atoms with E-state index in [1.165, 1.54) is 18.2 Å². The van der Waals surface area contributed by atoms with Crippen LogP contribution in [0.25, 0.3) is 0 Å². The Morgan fingerprint density at radius 3 is 1.89 bits per heavy atom. The minimum atomic E-state index is -0.609. The zero-order valence-electron chi connectivity index (χ0n) is 19.4. The number of rotatable bonds is 5. The summed E-state index contributed by atoms with van der Waals surface area (Å²) in [5.41, 5.74) is 4.91. The molecule has 4 aromatic rings. The van der Waals surface area contributed by atoms with E-state index in [0.717, 1.165) is 27.2 Å². The Bertz CT molecular complexity index is 1400. The zero-order chi connectivity index (χ0) is 24.5. The summed E-state index contributed by atoms with van der Waals surface area (Å²) in [7, 11) is 0. The first-order valence-corrected chi connectivity index (χ1v) is 11.3. The summed E-state index contributed by atoms with van der Waals surface area (Å²) >= 11 is 0. The fourth-order valence-corrected chi connectivity index (χ4v) is 4.23. The van der Waals surface area contributed by atoms with E-state index in [1.807, 2.05) is 86.6 Å². The van der Waals surface area contributed by atoms with Crippen LogP contribution in [0.3, 0.4) is 0 Å². The molecule has 0 N–H and O–H groups in total. The maximum Gasteiger partial charge on any atom is 0.339 e. The first-order valence-electron chi connectivity index (χ1n) is 11.3. The van der Waals surface area contributed by atoms with Gasteiger partial charge >= 0.3 is 5.97 Å². The third-order valence-corrected chi connectivity index (χ3v) is 6.30. The lowest BCUT2D eigenvalue weighted by molar-refractivity contribution is 0.0378. The zero-order valence-corrected chi connectivity index (χ0v) is 19.4. The van der Waals surface area contributed by atoms with Crippen molar-refractivity contribution in [3.05, 3.63) is 136 Å². The molecule has 0 saturated carbocycles. The molecule has 5 rings (SSSR count). The summed E-state index contributed by atoms with van der Waals surface area (Å²) in [6.07, 6.45) is -0.609. The molecule has 2 amide bonds. The van der Waals surface area contributed by atoms with Crippen LogP contribution in [0.1, 0.15) is 59.4 Å². The highest BCUT2D eigenvalue weighted by molar-refractivity contribution is 6.34. The van der Waals surface area contributed by atoms with E-state index in [9.17, 15) is 14.4 Å². The summed E-state index contributed by atoms with van der Waals surface area (Å²) in [5, 5.41) is 0. The molecule has 5 heteroatoms. The van der Waals surface area contributed by atoms with Gasteiger partial charge in [-0.25, -0.2) is 9.69 Å². The number of fused-ring (bicyclic) bond motifs is 1. The van der Waals surface area contributed by atoms with Crippen molar-refractivity contribution < 1.29 is 19.1 Å². The molecule has 0 radical (unpaired) electrons. The minimum Gasteiger partial charge on any atom is -0.449 e. The van der Waals surface area contributed by atoms with E-state index in [-0.39, 0.29) is 16.7 Å². The van der Waals surface area contributed by atoms with Crippen LogP contribution in [0.5, 0.6) is 0 Å². The molecule has 172 valence electrons. The first-order chi connectivity index (χ1) is 16.9. The lowest BCUT2D eigenvalue weighted by Crippen LogP contribution is -2.29. The van der Waals surface area contributed by atoms with Crippen molar-refractivity contribution in [2.75, 3.05) is 4.90 Å². The second-order valence-electron chi connectivity index (χ2n) is 8.58. The number of imide groups is 1. The smallest absolute Gasteiger partial charge is 0.339 e. The molecule has 1 aliphatic rings. The molecule has 0 aliphatic carbocycles. The van der Waals surface area contributed by atoms with Gasteiger partial charge in [0.05, 0.1) is 22.4 Å². The summed E-state index contributed by atoms with van der Waals surface area (Å²) < 4.78 is 5.92. The Balaban J connectivity index is 1.45. The van der Waals surface area contributed by atoms with Crippen molar-refractivity contribution in [2.24, 2.45) is 0 Å². The van der Waals surface area contributed by atoms with Crippen molar-refractivity contribution in [1.29, 1.82) is 0 Å². The number of carbonyl (C=O) groups excluding carboxylic acids is 3. The number of hydrogen-bond donors (Lipinski definition) is 0. The van der Waals surface area contributed by atoms with Gasteiger partial charge in [-0.3, -0.25) is 9.59 Å². The van der Waals surface area contributed by atoms with Gasteiger partial charge in [0.15, 0.2) is 6.10 Å². The van der Waals surface area contributed by atoms with Gasteiger partial charge in [0, 0.05) is 0 Å². The van der Waals surface area contributed by atoms with Crippen molar-refractivity contribution in [2.45, 2.75) is 20.0 Å². The van der Waals surface area contributed by atoms with Gasteiger partial charge in [0.25, 0.3) is 11.8 Å². The minimum absolute atomic E-state index is 0.193. The van der Waals surface area contributed by atoms with E-state index in [1.54, 1.807) is 6.07 Å². The van der Waals surface area contributed by atoms with Crippen LogP contribution in [0, 0.1) is 13.8 Å². The van der Waals surface area contributed by atoms with Crippen molar-refractivity contribution >= 4 is 23.5 Å². The van der Waals surface area contributed by atoms with Gasteiger partial charge in [0.1, 0.15) is 0 Å². The Labute approximate surface area is 203 Å². The lowest BCUT2D eigenvalue weighted by Gasteiger charge is -2.19. The number of hydrogen-bond acceptors (Lipinski definition) is 4. The standard InChI is InChI=1S/C30H23NO4/c1-19-13-15-24(17-20(19)2)31-28(32)25-16-14-23(18-26(25)29(31)33)30(34)35-27(21-9-5-3-6-10-21)22-11-7-4-8-12-22/h3-18,27H,1-2H3. The van der Waals surface area contributed by atoms with E-state index < -0.39 is 23.9 Å². The number of nitrogens with zero attached hydrogens (tertiary/aromatic N) is 1. The number of amides is 2. The Morgan fingerprint density at radius 2 is 1.29 bits per heavy atom. The number of anilines is 1. The number of aryl methyl sites for hydroxylation is 2. The highest BCUT2D eigenvalue weighted by atomic mass is 16.5. The SMILES string of the molecule is Cc1ccc(N2C(=O)c3ccc(C(=O)OC(c4ccccc4)c4ccccc4)cc3C2=O)cc1C. The highest BCUT2D eigenvalue weighted by Gasteiger charge is 2.37. The maximum absolute atomic E-state index is 13.2. The molecular weight excluding hydrogens is 438 g/mol. The average Bonchev–Trinajstić information content (AvgIpc) is 3.14. The molecule has 0 saturated heterocycles. The summed E-state index contributed by atoms with van der Waals surface area (Å²) in [6.45, 7) is 3.90. The normalized spacial score (nSPS) is 12.7. The predicted octanol–water partition coefficient (Wildman–Crippen LogP) is 6.05. The Morgan fingerprint density at radius 1 is 0.686 bits per heavy atom. The summed E-state index contributed by atoms with van der Waals surface area (Å²) in [5.74, 6) is -1.43. The fraction of sp³-hybridized carbons (Fsp3) is 0.100. The molecule has 4 aromatic carbocycles. The molecule has 5 nitrogen and oxygen atoms in total. The third-order valence-electron chi connectivity index (χ3n) is 6.30. The van der Waals surface area contributed by atoms with Gasteiger partial charge in [-0.15, -0.1) is 0 Å². The van der Waals surface area contributed by atoms with E-state index >= 15 is 0 Å². The second kappa shape index (κ2) is 9.03. The number of carbonyl (C=O) groups is 3. The van der Waals surface area contributed by atoms with E-state index in [4.69, 9.17) is 4.74 Å². The fourth-order valence-electron chi connectivity index (χ4n) is 4.23. The predicted molar refractivity (Wildman–Crippen MR) is 134 cm³/mol. The molecule has 1 heterocycles. The van der Waals surface area contributed by atoms with Crippen LogP contribution in [0.2, 0.25) is 0 Å². The van der Waals surface area contributed by atoms with Gasteiger partial charge in [0.2, 0.25) is 0 Å². The van der Waals surface area contributed by atoms with Crippen LogP contribution in [0.15, 0.2) is 97.1 Å². The average molecular weight is 462 g/mol. The van der Waals surface area contributed by atoms with E-state index in [0.29, 0.717) is 5.69 Å². The van der Waals surface area contributed by atoms with Gasteiger partial charge in [-0.1, -0.05) is 66.7 Å². The molecule has 0 spiro atoms. The molecule has 0 atom stereocenters. The molecule has 0 fully saturated rings. The Kier molecular flexibility index (Phi) is 5.75. The van der Waals surface area contributed by atoms with Gasteiger partial charge in [-0.05, 0) is 66.4 Å². The van der Waals surface area contributed by atoms with Crippen LogP contribution < -0.4 is 4.90 Å². The highest BCUT2D eigenvalue weighted by Crippen LogP contribution is 2.32. The number of ether oxygens (including phenoxy) is 1. The van der Waals surface area contributed by atoms with E-state index in [2.05, 4.69) is 0 Å². The molecular formula is C30H23NO4. The van der Waals surface area contributed by atoms with Crippen LogP contribution >= 0.6 is 0 Å². The quantitative estimate of drug-likeness (QED) is 0.268. The molecule has 0 aromatic heterocycles. The summed E-state index contributed by atoms with van der Waals surface area (Å²) in [4.78, 5) is 40.6. The molecule has 1 aliphatic heterocycles. The first kappa shape index (κ1) is 22.3. The third kappa shape index (κ3) is 4.13. The molecule has 0 bridgehead atoms. The lowest BCUT2D eigenvalue weighted by atomic mass is 10.0. The Hall–Kier alpha value is -4.51. The second-order valence-corrected chi connectivity index (χ2v) is 8.58. The van der Waals surface area contributed by atoms with Crippen molar-refractivity contribution in [3.63, 3.8) is 0 Å². The number of esters is 1. The molecule has 35 heavy (non-hydrogen) atoms. The largest absolute Gasteiger partial charge is 0.449 e. The van der Waals surface area contributed by atoms with Crippen LogP contribution in [-0.4, -0.2) is 17.8 Å². The van der Waals surface area contributed by atoms with Gasteiger partial charge < -0.3 is 4.74 Å². The summed E-state index contributed by atoms with van der Waals surface area (Å²) in [6, 6.07) is 28.9. The van der Waals surface area contributed by atoms with Gasteiger partial charge in [-0.2, -0.15) is 0 Å². The van der Waals surface area contributed by atoms with Crippen LogP contribution in [-0.2, 0) is 4.74 Å².